The molecule has 0 aromatic heterocycles. The van der Waals surface area contributed by atoms with Gasteiger partial charge in [0, 0.05) is 27.6 Å². The zero-order valence-electron chi connectivity index (χ0n) is 15.1. The third kappa shape index (κ3) is 5.34. The van der Waals surface area contributed by atoms with E-state index in [-0.39, 0.29) is 18.2 Å². The molecule has 0 unspecified atom stereocenters. The van der Waals surface area contributed by atoms with E-state index in [4.69, 9.17) is 4.74 Å². The number of aryl methyl sites for hydroxylation is 1. The minimum atomic E-state index is -0.422. The Hall–Kier alpha value is -3.32. The summed E-state index contributed by atoms with van der Waals surface area (Å²) in [7, 11) is 0. The summed E-state index contributed by atoms with van der Waals surface area (Å²) >= 11 is 1.48. The Bertz CT molecular complexity index is 972. The van der Waals surface area contributed by atoms with E-state index >= 15 is 0 Å². The normalized spacial score (nSPS) is 10.3. The van der Waals surface area contributed by atoms with Crippen molar-refractivity contribution >= 4 is 29.0 Å². The van der Waals surface area contributed by atoms with Crippen LogP contribution in [0.5, 0.6) is 5.75 Å². The van der Waals surface area contributed by atoms with Gasteiger partial charge in [0.05, 0.1) is 4.92 Å². The SMILES string of the molecule is Cc1ccccc1OCC(=O)Nc1ccc(Sc2ccc([N+](=O)[O-])cc2)cc1. The second-order valence-electron chi connectivity index (χ2n) is 5.98. The molecule has 28 heavy (non-hydrogen) atoms. The molecule has 1 amide bonds. The minimum absolute atomic E-state index is 0.0651. The lowest BCUT2D eigenvalue weighted by molar-refractivity contribution is -0.384. The molecule has 0 aliphatic rings. The Morgan fingerprint density at radius 1 is 1.00 bits per heavy atom. The largest absolute Gasteiger partial charge is 0.483 e. The van der Waals surface area contributed by atoms with Crippen molar-refractivity contribution in [2.45, 2.75) is 16.7 Å². The molecule has 6 nitrogen and oxygen atoms in total. The fourth-order valence-corrected chi connectivity index (χ4v) is 3.25. The van der Waals surface area contributed by atoms with Crippen LogP contribution in [0, 0.1) is 17.0 Å². The first-order chi connectivity index (χ1) is 13.5. The summed E-state index contributed by atoms with van der Waals surface area (Å²) in [6.45, 7) is 1.86. The molecule has 0 aliphatic heterocycles. The molecule has 7 heteroatoms. The molecule has 0 atom stereocenters. The molecule has 0 saturated carbocycles. The number of nitrogens with zero attached hydrogens (tertiary/aromatic N) is 1. The Labute approximate surface area is 166 Å². The standard InChI is InChI=1S/C21H18N2O4S/c1-15-4-2-3-5-20(15)27-14-21(24)22-16-6-10-18(11-7-16)28-19-12-8-17(9-13-19)23(25)26/h2-13H,14H2,1H3,(H,22,24). The smallest absolute Gasteiger partial charge is 0.269 e. The zero-order chi connectivity index (χ0) is 19.9. The van der Waals surface area contributed by atoms with E-state index < -0.39 is 4.92 Å². The van der Waals surface area contributed by atoms with Crippen molar-refractivity contribution in [2.24, 2.45) is 0 Å². The van der Waals surface area contributed by atoms with Crippen molar-refractivity contribution in [1.82, 2.24) is 0 Å². The highest BCUT2D eigenvalue weighted by atomic mass is 32.2. The van der Waals surface area contributed by atoms with E-state index in [9.17, 15) is 14.9 Å². The zero-order valence-corrected chi connectivity index (χ0v) is 15.9. The molecule has 0 fully saturated rings. The third-order valence-electron chi connectivity index (χ3n) is 3.87. The molecule has 0 radical (unpaired) electrons. The molecule has 0 saturated heterocycles. The van der Waals surface area contributed by atoms with Gasteiger partial charge >= 0.3 is 0 Å². The number of para-hydroxylation sites is 1. The summed E-state index contributed by atoms with van der Waals surface area (Å²) in [5.74, 6) is 0.450. The summed E-state index contributed by atoms with van der Waals surface area (Å²) in [5, 5.41) is 13.5. The average molecular weight is 394 g/mol. The van der Waals surface area contributed by atoms with E-state index in [0.29, 0.717) is 11.4 Å². The molecular weight excluding hydrogens is 376 g/mol. The van der Waals surface area contributed by atoms with Gasteiger partial charge < -0.3 is 10.1 Å². The van der Waals surface area contributed by atoms with Crippen LogP contribution in [0.25, 0.3) is 0 Å². The van der Waals surface area contributed by atoms with Crippen LogP contribution >= 0.6 is 11.8 Å². The van der Waals surface area contributed by atoms with Crippen molar-refractivity contribution in [3.05, 3.63) is 88.5 Å². The van der Waals surface area contributed by atoms with Gasteiger partial charge in [-0.05, 0) is 55.0 Å². The van der Waals surface area contributed by atoms with E-state index in [2.05, 4.69) is 5.32 Å². The number of benzene rings is 3. The van der Waals surface area contributed by atoms with Gasteiger partial charge in [0.15, 0.2) is 6.61 Å². The van der Waals surface area contributed by atoms with E-state index in [1.807, 2.05) is 43.3 Å². The highest BCUT2D eigenvalue weighted by Crippen LogP contribution is 2.29. The highest BCUT2D eigenvalue weighted by Gasteiger charge is 2.07. The third-order valence-corrected chi connectivity index (χ3v) is 4.89. The monoisotopic (exact) mass is 394 g/mol. The Morgan fingerprint density at radius 2 is 1.61 bits per heavy atom. The molecule has 3 rings (SSSR count). The van der Waals surface area contributed by atoms with Crippen molar-refractivity contribution < 1.29 is 14.5 Å². The lowest BCUT2D eigenvalue weighted by Gasteiger charge is -2.10. The number of amides is 1. The Balaban J connectivity index is 1.53. The van der Waals surface area contributed by atoms with E-state index in [1.54, 1.807) is 24.3 Å². The van der Waals surface area contributed by atoms with Crippen molar-refractivity contribution in [3.8, 4) is 5.75 Å². The minimum Gasteiger partial charge on any atom is -0.483 e. The first-order valence-electron chi connectivity index (χ1n) is 8.52. The second-order valence-corrected chi connectivity index (χ2v) is 7.13. The molecule has 0 aliphatic carbocycles. The Kier molecular flexibility index (Phi) is 6.29. The van der Waals surface area contributed by atoms with Crippen LogP contribution in [0.2, 0.25) is 0 Å². The molecular formula is C21H18N2O4S. The number of carbonyl (C=O) groups is 1. The maximum absolute atomic E-state index is 12.1. The van der Waals surface area contributed by atoms with Gasteiger partial charge in [-0.1, -0.05) is 30.0 Å². The van der Waals surface area contributed by atoms with Gasteiger partial charge in [-0.3, -0.25) is 14.9 Å². The molecule has 3 aromatic carbocycles. The fourth-order valence-electron chi connectivity index (χ4n) is 2.44. The average Bonchev–Trinajstić information content (AvgIpc) is 2.69. The number of rotatable bonds is 7. The van der Waals surface area contributed by atoms with Crippen LogP contribution in [-0.4, -0.2) is 17.4 Å². The van der Waals surface area contributed by atoms with Gasteiger partial charge in [-0.2, -0.15) is 0 Å². The summed E-state index contributed by atoms with van der Waals surface area (Å²) in [4.78, 5) is 24.2. The number of nitro groups is 1. The van der Waals surface area contributed by atoms with E-state index in [1.165, 1.54) is 23.9 Å². The number of carbonyl (C=O) groups excluding carboxylic acids is 1. The second kappa shape index (κ2) is 9.05. The predicted octanol–water partition coefficient (Wildman–Crippen LogP) is 5.07. The molecule has 0 bridgehead atoms. The maximum Gasteiger partial charge on any atom is 0.269 e. The number of non-ortho nitro benzene ring substituents is 1. The first kappa shape index (κ1) is 19.4. The van der Waals surface area contributed by atoms with Crippen LogP contribution in [-0.2, 0) is 4.79 Å². The van der Waals surface area contributed by atoms with Gasteiger partial charge in [0.1, 0.15) is 5.75 Å². The summed E-state index contributed by atoms with van der Waals surface area (Å²) in [6.07, 6.45) is 0. The van der Waals surface area contributed by atoms with Gasteiger partial charge in [-0.15, -0.1) is 0 Å². The van der Waals surface area contributed by atoms with Crippen LogP contribution < -0.4 is 10.1 Å². The number of nitrogens with one attached hydrogen (secondary N) is 1. The maximum atomic E-state index is 12.1. The molecule has 1 N–H and O–H groups in total. The summed E-state index contributed by atoms with van der Waals surface area (Å²) < 4.78 is 5.54. The molecule has 3 aromatic rings. The molecule has 0 heterocycles. The Morgan fingerprint density at radius 3 is 2.21 bits per heavy atom. The van der Waals surface area contributed by atoms with Crippen molar-refractivity contribution in [1.29, 1.82) is 0 Å². The van der Waals surface area contributed by atoms with Crippen LogP contribution in [0.3, 0.4) is 0 Å². The lowest BCUT2D eigenvalue weighted by atomic mass is 10.2. The van der Waals surface area contributed by atoms with Crippen LogP contribution in [0.1, 0.15) is 5.56 Å². The topological polar surface area (TPSA) is 81.5 Å². The number of hydrogen-bond acceptors (Lipinski definition) is 5. The molecule has 0 spiro atoms. The van der Waals surface area contributed by atoms with Crippen LogP contribution in [0.15, 0.2) is 82.6 Å². The van der Waals surface area contributed by atoms with Crippen molar-refractivity contribution in [3.63, 3.8) is 0 Å². The number of ether oxygens (including phenoxy) is 1. The van der Waals surface area contributed by atoms with Crippen molar-refractivity contribution in [2.75, 3.05) is 11.9 Å². The van der Waals surface area contributed by atoms with Gasteiger partial charge in [0.25, 0.3) is 11.6 Å². The number of anilines is 1. The quantitative estimate of drug-likeness (QED) is 0.447. The first-order valence-corrected chi connectivity index (χ1v) is 9.33. The fraction of sp³-hybridized carbons (Fsp3) is 0.0952. The van der Waals surface area contributed by atoms with E-state index in [0.717, 1.165) is 15.4 Å². The highest BCUT2D eigenvalue weighted by molar-refractivity contribution is 7.99. The summed E-state index contributed by atoms with van der Waals surface area (Å²) in [6, 6.07) is 21.3. The number of hydrogen-bond donors (Lipinski definition) is 1. The van der Waals surface area contributed by atoms with Crippen LogP contribution in [0.4, 0.5) is 11.4 Å². The number of nitro benzene ring substituents is 1. The van der Waals surface area contributed by atoms with Gasteiger partial charge in [-0.25, -0.2) is 0 Å². The van der Waals surface area contributed by atoms with Gasteiger partial charge in [0.2, 0.25) is 0 Å². The summed E-state index contributed by atoms with van der Waals surface area (Å²) in [5.41, 5.74) is 1.71. The lowest BCUT2D eigenvalue weighted by Crippen LogP contribution is -2.20. The molecule has 142 valence electrons. The predicted molar refractivity (Wildman–Crippen MR) is 109 cm³/mol.